The predicted octanol–water partition coefficient (Wildman–Crippen LogP) is 3.06. The number of benzene rings is 1. The Labute approximate surface area is 114 Å². The Hall–Kier alpha value is -1.79. The summed E-state index contributed by atoms with van der Waals surface area (Å²) in [5.41, 5.74) is 7.19. The molecule has 0 saturated heterocycles. The minimum Gasteiger partial charge on any atom is -0.319 e. The smallest absolute Gasteiger partial charge is 0.278 e. The first-order chi connectivity index (χ1) is 9.10. The van der Waals surface area contributed by atoms with Crippen molar-refractivity contribution in [2.75, 3.05) is 0 Å². The second-order valence-corrected chi connectivity index (χ2v) is 5.68. The summed E-state index contributed by atoms with van der Waals surface area (Å²) in [5, 5.41) is 13.8. The maximum Gasteiger partial charge on any atom is 0.278 e. The zero-order chi connectivity index (χ0) is 13.5. The molecule has 0 bridgehead atoms. The topological polar surface area (TPSA) is 82.0 Å². The van der Waals surface area contributed by atoms with Crippen LogP contribution >= 0.6 is 11.3 Å². The summed E-state index contributed by atoms with van der Waals surface area (Å²) in [4.78, 5) is 15.1. The van der Waals surface area contributed by atoms with Crippen molar-refractivity contribution in [2.24, 2.45) is 5.73 Å². The van der Waals surface area contributed by atoms with Crippen LogP contribution in [-0.2, 0) is 5.54 Å². The van der Waals surface area contributed by atoms with Crippen LogP contribution in [0.25, 0.3) is 11.3 Å². The number of rotatable bonds is 3. The van der Waals surface area contributed by atoms with Crippen LogP contribution < -0.4 is 5.73 Å². The Balaban J connectivity index is 2.01. The van der Waals surface area contributed by atoms with Gasteiger partial charge in [-0.1, -0.05) is 12.1 Å². The van der Waals surface area contributed by atoms with Crippen LogP contribution in [0.3, 0.4) is 0 Å². The second kappa shape index (κ2) is 4.40. The second-order valence-electron chi connectivity index (χ2n) is 4.82. The summed E-state index contributed by atoms with van der Waals surface area (Å²) in [6, 6.07) is 6.66. The van der Waals surface area contributed by atoms with Gasteiger partial charge >= 0.3 is 0 Å². The number of thiazole rings is 1. The fraction of sp³-hybridized carbons (Fsp3) is 0.308. The van der Waals surface area contributed by atoms with Crippen LogP contribution in [-0.4, -0.2) is 9.91 Å². The van der Waals surface area contributed by atoms with Crippen molar-refractivity contribution in [3.05, 3.63) is 44.8 Å². The first-order valence-electron chi connectivity index (χ1n) is 6.09. The van der Waals surface area contributed by atoms with E-state index in [1.807, 2.05) is 5.38 Å². The van der Waals surface area contributed by atoms with E-state index in [0.29, 0.717) is 11.3 Å². The zero-order valence-electron chi connectivity index (χ0n) is 10.2. The fourth-order valence-electron chi connectivity index (χ4n) is 2.25. The number of nitro benzene ring substituents is 1. The van der Waals surface area contributed by atoms with Gasteiger partial charge in [-0.15, -0.1) is 11.3 Å². The molecule has 0 atom stereocenters. The van der Waals surface area contributed by atoms with Gasteiger partial charge < -0.3 is 5.73 Å². The normalized spacial score (nSPS) is 16.9. The van der Waals surface area contributed by atoms with Crippen molar-refractivity contribution >= 4 is 17.0 Å². The van der Waals surface area contributed by atoms with Gasteiger partial charge in [-0.25, -0.2) is 4.98 Å². The van der Waals surface area contributed by atoms with Gasteiger partial charge in [-0.2, -0.15) is 0 Å². The van der Waals surface area contributed by atoms with E-state index in [9.17, 15) is 10.1 Å². The molecular formula is C13H13N3O2S. The van der Waals surface area contributed by atoms with Crippen LogP contribution in [0.1, 0.15) is 24.3 Å². The van der Waals surface area contributed by atoms with Crippen LogP contribution in [0.2, 0.25) is 0 Å². The minimum absolute atomic E-state index is 0.0824. The van der Waals surface area contributed by atoms with Gasteiger partial charge in [0.1, 0.15) is 5.01 Å². The Morgan fingerprint density at radius 1 is 1.37 bits per heavy atom. The van der Waals surface area contributed by atoms with Crippen molar-refractivity contribution in [3.8, 4) is 11.3 Å². The average molecular weight is 275 g/mol. The summed E-state index contributed by atoms with van der Waals surface area (Å²) in [7, 11) is 0. The van der Waals surface area contributed by atoms with Gasteiger partial charge in [-0.3, -0.25) is 10.1 Å². The molecule has 3 rings (SSSR count). The van der Waals surface area contributed by atoms with Crippen molar-refractivity contribution < 1.29 is 4.92 Å². The molecule has 5 nitrogen and oxygen atoms in total. The lowest BCUT2D eigenvalue weighted by Gasteiger charge is -2.35. The molecule has 0 amide bonds. The molecule has 98 valence electrons. The number of hydrogen-bond donors (Lipinski definition) is 1. The lowest BCUT2D eigenvalue weighted by molar-refractivity contribution is -0.384. The van der Waals surface area contributed by atoms with Crippen LogP contribution in [0.15, 0.2) is 29.6 Å². The lowest BCUT2D eigenvalue weighted by atomic mass is 9.78. The van der Waals surface area contributed by atoms with Gasteiger partial charge in [0, 0.05) is 11.4 Å². The van der Waals surface area contributed by atoms with Gasteiger partial charge in [0.15, 0.2) is 0 Å². The highest BCUT2D eigenvalue weighted by atomic mass is 32.1. The molecule has 1 heterocycles. The SMILES string of the molecule is NC1(c2nc(-c3ccccc3[N+](=O)[O-])cs2)CCC1. The average Bonchev–Trinajstić information content (AvgIpc) is 2.85. The molecule has 1 aromatic heterocycles. The number of aromatic nitrogens is 1. The van der Waals surface area contributed by atoms with Gasteiger partial charge in [0.25, 0.3) is 5.69 Å². The molecule has 19 heavy (non-hydrogen) atoms. The minimum atomic E-state index is -0.379. The zero-order valence-corrected chi connectivity index (χ0v) is 11.0. The van der Waals surface area contributed by atoms with E-state index in [0.717, 1.165) is 24.3 Å². The van der Waals surface area contributed by atoms with E-state index in [4.69, 9.17) is 5.73 Å². The standard InChI is InChI=1S/C13H13N3O2S/c14-13(6-3-7-13)12-15-10(8-19-12)9-4-1-2-5-11(9)16(17)18/h1-2,4-5,8H,3,6-7,14H2. The molecule has 1 aliphatic carbocycles. The van der Waals surface area contributed by atoms with Crippen LogP contribution in [0, 0.1) is 10.1 Å². The number of para-hydroxylation sites is 1. The van der Waals surface area contributed by atoms with Gasteiger partial charge in [0.05, 0.1) is 21.7 Å². The molecule has 1 aliphatic rings. The third-order valence-corrected chi connectivity index (χ3v) is 4.61. The van der Waals surface area contributed by atoms with Crippen molar-refractivity contribution in [3.63, 3.8) is 0 Å². The molecule has 0 radical (unpaired) electrons. The molecule has 0 spiro atoms. The molecule has 1 saturated carbocycles. The molecular weight excluding hydrogens is 262 g/mol. The number of nitrogens with two attached hydrogens (primary N) is 1. The van der Waals surface area contributed by atoms with E-state index >= 15 is 0 Å². The molecule has 2 aromatic rings. The predicted molar refractivity (Wildman–Crippen MR) is 73.9 cm³/mol. The van der Waals surface area contributed by atoms with E-state index in [1.165, 1.54) is 17.4 Å². The van der Waals surface area contributed by atoms with Crippen molar-refractivity contribution in [1.82, 2.24) is 4.98 Å². The van der Waals surface area contributed by atoms with Crippen LogP contribution in [0.4, 0.5) is 5.69 Å². The summed E-state index contributed by atoms with van der Waals surface area (Å²) < 4.78 is 0. The van der Waals surface area contributed by atoms with Gasteiger partial charge in [0.2, 0.25) is 0 Å². The summed E-state index contributed by atoms with van der Waals surface area (Å²) in [5.74, 6) is 0. The summed E-state index contributed by atoms with van der Waals surface area (Å²) in [6.07, 6.45) is 3.00. The number of hydrogen-bond acceptors (Lipinski definition) is 5. The van der Waals surface area contributed by atoms with Crippen molar-refractivity contribution in [2.45, 2.75) is 24.8 Å². The van der Waals surface area contributed by atoms with E-state index in [-0.39, 0.29) is 16.1 Å². The number of nitro groups is 1. The maximum absolute atomic E-state index is 11.0. The van der Waals surface area contributed by atoms with Gasteiger partial charge in [-0.05, 0) is 25.3 Å². The Bertz CT molecular complexity index is 634. The lowest BCUT2D eigenvalue weighted by Crippen LogP contribution is -2.43. The largest absolute Gasteiger partial charge is 0.319 e. The Morgan fingerprint density at radius 2 is 2.11 bits per heavy atom. The first kappa shape index (κ1) is 12.3. The molecule has 1 aromatic carbocycles. The van der Waals surface area contributed by atoms with Crippen molar-refractivity contribution in [1.29, 1.82) is 0 Å². The highest BCUT2D eigenvalue weighted by molar-refractivity contribution is 7.10. The highest BCUT2D eigenvalue weighted by Crippen LogP contribution is 2.41. The summed E-state index contributed by atoms with van der Waals surface area (Å²) in [6.45, 7) is 0. The molecule has 0 aliphatic heterocycles. The maximum atomic E-state index is 11.0. The molecule has 2 N–H and O–H groups in total. The third-order valence-electron chi connectivity index (χ3n) is 3.55. The highest BCUT2D eigenvalue weighted by Gasteiger charge is 2.37. The molecule has 1 fully saturated rings. The quantitative estimate of drug-likeness (QED) is 0.689. The first-order valence-corrected chi connectivity index (χ1v) is 6.97. The van der Waals surface area contributed by atoms with E-state index in [2.05, 4.69) is 4.98 Å². The summed E-state index contributed by atoms with van der Waals surface area (Å²) >= 11 is 1.49. The fourth-order valence-corrected chi connectivity index (χ4v) is 3.24. The van der Waals surface area contributed by atoms with Crippen LogP contribution in [0.5, 0.6) is 0 Å². The Kier molecular flexibility index (Phi) is 2.83. The monoisotopic (exact) mass is 275 g/mol. The van der Waals surface area contributed by atoms with E-state index in [1.54, 1.807) is 18.2 Å². The molecule has 0 unspecified atom stereocenters. The van der Waals surface area contributed by atoms with E-state index < -0.39 is 0 Å². The third kappa shape index (κ3) is 2.02. The number of nitrogens with zero attached hydrogens (tertiary/aromatic N) is 2. The Morgan fingerprint density at radius 3 is 2.74 bits per heavy atom. The molecule has 6 heteroatoms.